The normalized spacial score (nSPS) is 23.0. The molecule has 0 amide bonds. The Balaban J connectivity index is 1.91. The fourth-order valence-corrected chi connectivity index (χ4v) is 3.36. The summed E-state index contributed by atoms with van der Waals surface area (Å²) in [5.41, 5.74) is 1.45. The molecule has 1 aromatic rings. The molecular weight excluding hydrogens is 293 g/mol. The van der Waals surface area contributed by atoms with Crippen LogP contribution in [0.2, 0.25) is 0 Å². The maximum absolute atomic E-state index is 13.3. The highest BCUT2D eigenvalue weighted by molar-refractivity contribution is 9.10. The quantitative estimate of drug-likeness (QED) is 0.856. The van der Waals surface area contributed by atoms with Crippen molar-refractivity contribution >= 4 is 15.9 Å². The van der Waals surface area contributed by atoms with Gasteiger partial charge >= 0.3 is 0 Å². The lowest BCUT2D eigenvalue weighted by atomic mass is 9.75. The summed E-state index contributed by atoms with van der Waals surface area (Å²) in [7, 11) is 0. The Bertz CT molecular complexity index is 397. The van der Waals surface area contributed by atoms with E-state index in [-0.39, 0.29) is 5.82 Å². The lowest BCUT2D eigenvalue weighted by Crippen LogP contribution is -2.36. The molecule has 1 aliphatic carbocycles. The maximum Gasteiger partial charge on any atom is 0.124 e. The van der Waals surface area contributed by atoms with Crippen molar-refractivity contribution in [2.45, 2.75) is 52.1 Å². The molecule has 100 valence electrons. The summed E-state index contributed by atoms with van der Waals surface area (Å²) in [6.07, 6.45) is 5.05. The summed E-state index contributed by atoms with van der Waals surface area (Å²) >= 11 is 3.33. The fraction of sp³-hybridized carbons (Fsp3) is 0.600. The van der Waals surface area contributed by atoms with E-state index in [0.717, 1.165) is 16.6 Å². The van der Waals surface area contributed by atoms with Crippen molar-refractivity contribution in [3.8, 4) is 0 Å². The Labute approximate surface area is 117 Å². The number of nitrogens with one attached hydrogen (secondary N) is 1. The van der Waals surface area contributed by atoms with Gasteiger partial charge in [0.05, 0.1) is 0 Å². The Morgan fingerprint density at radius 3 is 2.83 bits per heavy atom. The summed E-state index contributed by atoms with van der Waals surface area (Å²) in [5, 5.41) is 3.56. The molecule has 0 bridgehead atoms. The molecule has 0 saturated heterocycles. The van der Waals surface area contributed by atoms with Crippen LogP contribution in [0.15, 0.2) is 22.7 Å². The predicted molar refractivity (Wildman–Crippen MR) is 77.0 cm³/mol. The second-order valence-electron chi connectivity index (χ2n) is 6.12. The van der Waals surface area contributed by atoms with Gasteiger partial charge in [-0.05, 0) is 48.4 Å². The number of hydrogen-bond donors (Lipinski definition) is 1. The van der Waals surface area contributed by atoms with Crippen LogP contribution in [0.3, 0.4) is 0 Å². The van der Waals surface area contributed by atoms with E-state index in [1.165, 1.54) is 31.7 Å². The lowest BCUT2D eigenvalue weighted by Gasteiger charge is -2.35. The van der Waals surface area contributed by atoms with Crippen molar-refractivity contribution in [2.75, 3.05) is 0 Å². The molecular formula is C15H21BrFN. The molecule has 0 aliphatic heterocycles. The fourth-order valence-electron chi connectivity index (χ4n) is 2.85. The van der Waals surface area contributed by atoms with E-state index in [1.807, 2.05) is 6.07 Å². The smallest absolute Gasteiger partial charge is 0.124 e. The minimum atomic E-state index is -0.176. The summed E-state index contributed by atoms with van der Waals surface area (Å²) in [5.74, 6) is -0.176. The molecule has 1 aliphatic rings. The van der Waals surface area contributed by atoms with E-state index >= 15 is 0 Å². The molecule has 1 unspecified atom stereocenters. The first-order valence-electron chi connectivity index (χ1n) is 6.63. The molecule has 0 radical (unpaired) electrons. The summed E-state index contributed by atoms with van der Waals surface area (Å²) in [4.78, 5) is 0. The highest BCUT2D eigenvalue weighted by Crippen LogP contribution is 2.35. The molecule has 2 rings (SSSR count). The van der Waals surface area contributed by atoms with Gasteiger partial charge in [0.25, 0.3) is 0 Å². The Morgan fingerprint density at radius 2 is 2.17 bits per heavy atom. The van der Waals surface area contributed by atoms with E-state index < -0.39 is 0 Å². The third-order valence-electron chi connectivity index (χ3n) is 3.72. The first kappa shape index (κ1) is 14.0. The molecule has 1 fully saturated rings. The van der Waals surface area contributed by atoms with Crippen LogP contribution in [0, 0.1) is 11.2 Å². The number of benzene rings is 1. The van der Waals surface area contributed by atoms with Gasteiger partial charge in [-0.2, -0.15) is 0 Å². The zero-order chi connectivity index (χ0) is 13.2. The minimum Gasteiger partial charge on any atom is -0.310 e. The van der Waals surface area contributed by atoms with Gasteiger partial charge in [0.15, 0.2) is 0 Å². The number of halogens is 2. The Hall–Kier alpha value is -0.410. The largest absolute Gasteiger partial charge is 0.310 e. The van der Waals surface area contributed by atoms with Crippen LogP contribution in [0.1, 0.15) is 45.1 Å². The zero-order valence-electron chi connectivity index (χ0n) is 11.1. The molecule has 18 heavy (non-hydrogen) atoms. The van der Waals surface area contributed by atoms with Crippen molar-refractivity contribution in [2.24, 2.45) is 5.41 Å². The van der Waals surface area contributed by atoms with Gasteiger partial charge in [0.2, 0.25) is 0 Å². The van der Waals surface area contributed by atoms with Gasteiger partial charge in [-0.15, -0.1) is 0 Å². The maximum atomic E-state index is 13.3. The van der Waals surface area contributed by atoms with Gasteiger partial charge in [-0.25, -0.2) is 4.39 Å². The van der Waals surface area contributed by atoms with Crippen molar-refractivity contribution in [3.05, 3.63) is 34.1 Å². The summed E-state index contributed by atoms with van der Waals surface area (Å²) < 4.78 is 14.1. The first-order chi connectivity index (χ1) is 8.44. The highest BCUT2D eigenvalue weighted by Gasteiger charge is 2.27. The van der Waals surface area contributed by atoms with E-state index in [2.05, 4.69) is 35.1 Å². The zero-order valence-corrected chi connectivity index (χ0v) is 12.7. The molecule has 1 saturated carbocycles. The molecule has 1 aromatic carbocycles. The Morgan fingerprint density at radius 1 is 1.39 bits per heavy atom. The topological polar surface area (TPSA) is 12.0 Å². The second-order valence-corrected chi connectivity index (χ2v) is 7.03. The monoisotopic (exact) mass is 313 g/mol. The van der Waals surface area contributed by atoms with Gasteiger partial charge in [-0.3, -0.25) is 0 Å². The predicted octanol–water partition coefficient (Wildman–Crippen LogP) is 4.65. The van der Waals surface area contributed by atoms with Crippen LogP contribution in [0.4, 0.5) is 4.39 Å². The van der Waals surface area contributed by atoms with Gasteiger partial charge in [-0.1, -0.05) is 36.2 Å². The first-order valence-corrected chi connectivity index (χ1v) is 7.42. The van der Waals surface area contributed by atoms with Gasteiger partial charge < -0.3 is 5.32 Å². The number of hydrogen-bond acceptors (Lipinski definition) is 1. The number of rotatable bonds is 3. The van der Waals surface area contributed by atoms with Gasteiger partial charge in [0.1, 0.15) is 5.82 Å². The van der Waals surface area contributed by atoms with E-state index in [0.29, 0.717) is 11.5 Å². The molecule has 0 aromatic heterocycles. The summed E-state index contributed by atoms with van der Waals surface area (Å²) in [6, 6.07) is 5.64. The molecule has 1 nitrogen and oxygen atoms in total. The van der Waals surface area contributed by atoms with Crippen LogP contribution in [0.5, 0.6) is 0 Å². The van der Waals surface area contributed by atoms with Crippen molar-refractivity contribution in [3.63, 3.8) is 0 Å². The van der Waals surface area contributed by atoms with Crippen LogP contribution in [-0.4, -0.2) is 6.04 Å². The molecule has 0 heterocycles. The third kappa shape index (κ3) is 4.06. The second kappa shape index (κ2) is 5.70. The lowest BCUT2D eigenvalue weighted by molar-refractivity contribution is 0.197. The van der Waals surface area contributed by atoms with E-state index in [4.69, 9.17) is 0 Å². The molecule has 1 atom stereocenters. The van der Waals surface area contributed by atoms with Gasteiger partial charge in [0, 0.05) is 17.1 Å². The standard InChI is InChI=1S/C15H21BrFN/c1-15(2)5-3-4-14(9-15)18-10-11-6-12(16)8-13(17)7-11/h6-8,14,18H,3-5,9-10H2,1-2H3. The minimum absolute atomic E-state index is 0.176. The van der Waals surface area contributed by atoms with Crippen molar-refractivity contribution in [1.29, 1.82) is 0 Å². The molecule has 3 heteroatoms. The van der Waals surface area contributed by atoms with Crippen molar-refractivity contribution < 1.29 is 4.39 Å². The third-order valence-corrected chi connectivity index (χ3v) is 4.18. The van der Waals surface area contributed by atoms with Crippen LogP contribution < -0.4 is 5.32 Å². The van der Waals surface area contributed by atoms with E-state index in [1.54, 1.807) is 6.07 Å². The molecule has 0 spiro atoms. The average molecular weight is 314 g/mol. The SMILES string of the molecule is CC1(C)CCCC(NCc2cc(F)cc(Br)c2)C1. The molecule has 1 N–H and O–H groups in total. The Kier molecular flexibility index (Phi) is 4.44. The van der Waals surface area contributed by atoms with E-state index in [9.17, 15) is 4.39 Å². The highest BCUT2D eigenvalue weighted by atomic mass is 79.9. The summed E-state index contributed by atoms with van der Waals surface area (Å²) in [6.45, 7) is 5.41. The van der Waals surface area contributed by atoms with Crippen LogP contribution >= 0.6 is 15.9 Å². The average Bonchev–Trinajstić information content (AvgIpc) is 2.24. The van der Waals surface area contributed by atoms with Crippen molar-refractivity contribution in [1.82, 2.24) is 5.32 Å². The van der Waals surface area contributed by atoms with Crippen LogP contribution in [-0.2, 0) is 6.54 Å². The van der Waals surface area contributed by atoms with Crippen LogP contribution in [0.25, 0.3) is 0 Å².